The van der Waals surface area contributed by atoms with Gasteiger partial charge in [-0.1, -0.05) is 12.1 Å². The van der Waals surface area contributed by atoms with Crippen LogP contribution in [0.1, 0.15) is 15.9 Å². The Kier molecular flexibility index (Phi) is 3.69. The van der Waals surface area contributed by atoms with Gasteiger partial charge in [0.2, 0.25) is 5.95 Å². The first-order valence-corrected chi connectivity index (χ1v) is 5.65. The van der Waals surface area contributed by atoms with E-state index >= 15 is 0 Å². The van der Waals surface area contributed by atoms with E-state index in [4.69, 9.17) is 5.73 Å². The van der Waals surface area contributed by atoms with E-state index in [9.17, 15) is 4.79 Å². The Morgan fingerprint density at radius 1 is 1.39 bits per heavy atom. The van der Waals surface area contributed by atoms with Crippen molar-refractivity contribution in [1.82, 2.24) is 14.8 Å². The standard InChI is InChI=1S/C12H15N5O/c1-17-12(14-8-15-17)16-11(18)10-4-2-9(3-5-10)6-7-13/h2-5,8H,6-7,13H2,1H3,(H,14,15,16,18). The van der Waals surface area contributed by atoms with Crippen molar-refractivity contribution in [3.05, 3.63) is 41.7 Å². The molecule has 0 unspecified atom stereocenters. The van der Waals surface area contributed by atoms with Crippen molar-refractivity contribution in [3.8, 4) is 0 Å². The molecule has 0 spiro atoms. The summed E-state index contributed by atoms with van der Waals surface area (Å²) in [7, 11) is 1.72. The molecule has 1 amide bonds. The minimum Gasteiger partial charge on any atom is -0.330 e. The van der Waals surface area contributed by atoms with E-state index in [2.05, 4.69) is 15.4 Å². The van der Waals surface area contributed by atoms with Gasteiger partial charge in [0.25, 0.3) is 5.91 Å². The SMILES string of the molecule is Cn1ncnc1NC(=O)c1ccc(CCN)cc1. The normalized spacial score (nSPS) is 10.3. The monoisotopic (exact) mass is 245 g/mol. The van der Waals surface area contributed by atoms with Crippen LogP contribution >= 0.6 is 0 Å². The third-order valence-corrected chi connectivity index (χ3v) is 2.59. The summed E-state index contributed by atoms with van der Waals surface area (Å²) in [6.45, 7) is 0.602. The highest BCUT2D eigenvalue weighted by Gasteiger charge is 2.08. The Morgan fingerprint density at radius 3 is 2.67 bits per heavy atom. The minimum absolute atomic E-state index is 0.203. The Labute approximate surface area is 105 Å². The van der Waals surface area contributed by atoms with Crippen LogP contribution in [0.5, 0.6) is 0 Å². The van der Waals surface area contributed by atoms with Crippen molar-refractivity contribution < 1.29 is 4.79 Å². The molecule has 0 aliphatic rings. The molecule has 94 valence electrons. The molecule has 3 N–H and O–H groups in total. The number of hydrogen-bond donors (Lipinski definition) is 2. The van der Waals surface area contributed by atoms with Crippen molar-refractivity contribution in [2.45, 2.75) is 6.42 Å². The van der Waals surface area contributed by atoms with Crippen LogP contribution in [-0.2, 0) is 13.5 Å². The lowest BCUT2D eigenvalue weighted by molar-refractivity contribution is 0.102. The van der Waals surface area contributed by atoms with Crippen molar-refractivity contribution >= 4 is 11.9 Å². The van der Waals surface area contributed by atoms with Crippen LogP contribution in [0.25, 0.3) is 0 Å². The third-order valence-electron chi connectivity index (χ3n) is 2.59. The highest BCUT2D eigenvalue weighted by Crippen LogP contribution is 2.07. The predicted octanol–water partition coefficient (Wildman–Crippen LogP) is 0.569. The molecule has 2 aromatic rings. The second-order valence-corrected chi connectivity index (χ2v) is 3.90. The second kappa shape index (κ2) is 5.42. The van der Waals surface area contributed by atoms with Gasteiger partial charge >= 0.3 is 0 Å². The number of carbonyl (C=O) groups is 1. The number of amides is 1. The van der Waals surface area contributed by atoms with Crippen LogP contribution in [0.2, 0.25) is 0 Å². The van der Waals surface area contributed by atoms with Crippen LogP contribution < -0.4 is 11.1 Å². The van der Waals surface area contributed by atoms with Crippen LogP contribution in [0.4, 0.5) is 5.95 Å². The van der Waals surface area contributed by atoms with Crippen LogP contribution in [0.3, 0.4) is 0 Å². The molecule has 0 atom stereocenters. The molecule has 0 aliphatic carbocycles. The van der Waals surface area contributed by atoms with Gasteiger partial charge in [-0.3, -0.25) is 10.1 Å². The molecular formula is C12H15N5O. The lowest BCUT2D eigenvalue weighted by atomic mass is 10.1. The predicted molar refractivity (Wildman–Crippen MR) is 68.2 cm³/mol. The molecule has 6 nitrogen and oxygen atoms in total. The number of nitrogens with zero attached hydrogens (tertiary/aromatic N) is 3. The number of aryl methyl sites for hydroxylation is 1. The highest BCUT2D eigenvalue weighted by molar-refractivity contribution is 6.03. The number of hydrogen-bond acceptors (Lipinski definition) is 4. The molecule has 18 heavy (non-hydrogen) atoms. The summed E-state index contributed by atoms with van der Waals surface area (Å²) in [6, 6.07) is 7.35. The number of carbonyl (C=O) groups excluding carboxylic acids is 1. The second-order valence-electron chi connectivity index (χ2n) is 3.90. The number of rotatable bonds is 4. The molecule has 0 fully saturated rings. The maximum atomic E-state index is 11.9. The smallest absolute Gasteiger partial charge is 0.258 e. The summed E-state index contributed by atoms with van der Waals surface area (Å²) in [5, 5.41) is 6.56. The van der Waals surface area contributed by atoms with Gasteiger partial charge in [0.05, 0.1) is 0 Å². The zero-order chi connectivity index (χ0) is 13.0. The fourth-order valence-electron chi connectivity index (χ4n) is 1.57. The average Bonchev–Trinajstić information content (AvgIpc) is 2.76. The molecule has 0 saturated heterocycles. The van der Waals surface area contributed by atoms with E-state index in [1.807, 2.05) is 12.1 Å². The fourth-order valence-corrected chi connectivity index (χ4v) is 1.57. The van der Waals surface area contributed by atoms with Gasteiger partial charge in [-0.05, 0) is 30.7 Å². The molecular weight excluding hydrogens is 230 g/mol. The lowest BCUT2D eigenvalue weighted by Gasteiger charge is -2.04. The van der Waals surface area contributed by atoms with E-state index in [0.717, 1.165) is 12.0 Å². The van der Waals surface area contributed by atoms with Crippen molar-refractivity contribution in [1.29, 1.82) is 0 Å². The molecule has 0 bridgehead atoms. The van der Waals surface area contributed by atoms with Crippen LogP contribution in [0.15, 0.2) is 30.6 Å². The average molecular weight is 245 g/mol. The first-order valence-electron chi connectivity index (χ1n) is 5.65. The number of benzene rings is 1. The maximum Gasteiger partial charge on any atom is 0.258 e. The summed E-state index contributed by atoms with van der Waals surface area (Å²) in [6.07, 6.45) is 2.20. The van der Waals surface area contributed by atoms with Gasteiger partial charge in [-0.2, -0.15) is 10.1 Å². The Balaban J connectivity index is 2.07. The maximum absolute atomic E-state index is 11.9. The molecule has 0 saturated carbocycles. The summed E-state index contributed by atoms with van der Waals surface area (Å²) in [5.74, 6) is 0.219. The number of nitrogens with two attached hydrogens (primary N) is 1. The van der Waals surface area contributed by atoms with E-state index in [-0.39, 0.29) is 5.91 Å². The Morgan fingerprint density at radius 2 is 2.11 bits per heavy atom. The number of anilines is 1. The van der Waals surface area contributed by atoms with Crippen LogP contribution in [-0.4, -0.2) is 27.2 Å². The Bertz CT molecular complexity index is 532. The zero-order valence-corrected chi connectivity index (χ0v) is 10.1. The minimum atomic E-state index is -0.203. The van der Waals surface area contributed by atoms with Gasteiger partial charge in [-0.25, -0.2) is 4.68 Å². The van der Waals surface area contributed by atoms with Crippen molar-refractivity contribution in [2.24, 2.45) is 12.8 Å². The topological polar surface area (TPSA) is 85.8 Å². The Hall–Kier alpha value is -2.21. The molecule has 0 radical (unpaired) electrons. The van der Waals surface area contributed by atoms with Crippen LogP contribution in [0, 0.1) is 0 Å². The van der Waals surface area contributed by atoms with Crippen molar-refractivity contribution in [3.63, 3.8) is 0 Å². The van der Waals surface area contributed by atoms with Gasteiger partial charge in [0.1, 0.15) is 6.33 Å². The molecule has 1 aromatic heterocycles. The zero-order valence-electron chi connectivity index (χ0n) is 10.1. The lowest BCUT2D eigenvalue weighted by Crippen LogP contribution is -2.15. The highest BCUT2D eigenvalue weighted by atomic mass is 16.1. The van der Waals surface area contributed by atoms with Gasteiger partial charge in [0.15, 0.2) is 0 Å². The van der Waals surface area contributed by atoms with Crippen molar-refractivity contribution in [2.75, 3.05) is 11.9 Å². The largest absolute Gasteiger partial charge is 0.330 e. The van der Waals surface area contributed by atoms with E-state index < -0.39 is 0 Å². The first-order chi connectivity index (χ1) is 8.70. The molecule has 1 aromatic carbocycles. The molecule has 1 heterocycles. The van der Waals surface area contributed by atoms with Gasteiger partial charge in [0, 0.05) is 12.6 Å². The summed E-state index contributed by atoms with van der Waals surface area (Å²) >= 11 is 0. The quantitative estimate of drug-likeness (QED) is 0.824. The summed E-state index contributed by atoms with van der Waals surface area (Å²) in [4.78, 5) is 15.8. The van der Waals surface area contributed by atoms with E-state index in [1.54, 1.807) is 19.2 Å². The molecule has 2 rings (SSSR count). The third kappa shape index (κ3) is 2.72. The van der Waals surface area contributed by atoms with Gasteiger partial charge in [-0.15, -0.1) is 0 Å². The first kappa shape index (κ1) is 12.3. The summed E-state index contributed by atoms with van der Waals surface area (Å²) in [5.41, 5.74) is 7.17. The van der Waals surface area contributed by atoms with E-state index in [1.165, 1.54) is 11.0 Å². The summed E-state index contributed by atoms with van der Waals surface area (Å²) < 4.78 is 1.50. The van der Waals surface area contributed by atoms with Gasteiger partial charge < -0.3 is 5.73 Å². The number of aromatic nitrogens is 3. The van der Waals surface area contributed by atoms with E-state index in [0.29, 0.717) is 18.1 Å². The fraction of sp³-hybridized carbons (Fsp3) is 0.250. The molecule has 0 aliphatic heterocycles. The number of nitrogens with one attached hydrogen (secondary N) is 1. The molecule has 6 heteroatoms.